The molecule has 7 nitrogen and oxygen atoms in total. The number of nitrogens with zero attached hydrogens (tertiary/aromatic N) is 1. The second kappa shape index (κ2) is 6.33. The molecule has 1 aromatic rings. The van der Waals surface area contributed by atoms with Gasteiger partial charge in [-0.25, -0.2) is 0 Å². The van der Waals surface area contributed by atoms with Gasteiger partial charge in [-0.3, -0.25) is 14.9 Å². The Kier molecular flexibility index (Phi) is 5.04. The minimum atomic E-state index is -0.650. The Balaban J connectivity index is 2.69. The maximum Gasteiger partial charge on any atom is 0.296 e. The van der Waals surface area contributed by atoms with E-state index in [1.165, 1.54) is 18.2 Å². The summed E-state index contributed by atoms with van der Waals surface area (Å²) in [6, 6.07) is 3.86. The van der Waals surface area contributed by atoms with E-state index >= 15 is 0 Å². The van der Waals surface area contributed by atoms with Gasteiger partial charge in [0.05, 0.1) is 4.92 Å². The largest absolute Gasteiger partial charge is 0.505 e. The van der Waals surface area contributed by atoms with Crippen molar-refractivity contribution in [2.75, 3.05) is 11.9 Å². The van der Waals surface area contributed by atoms with Gasteiger partial charge >= 0.3 is 0 Å². The number of hydrogen-bond donors (Lipinski definition) is 3. The van der Waals surface area contributed by atoms with Crippen molar-refractivity contribution in [3.8, 4) is 5.75 Å². The van der Waals surface area contributed by atoms with E-state index in [2.05, 4.69) is 10.6 Å². The van der Waals surface area contributed by atoms with Gasteiger partial charge in [0.2, 0.25) is 5.91 Å². The third-order valence-corrected chi connectivity index (χ3v) is 2.49. The smallest absolute Gasteiger partial charge is 0.296 e. The average Bonchev–Trinajstić information content (AvgIpc) is 2.29. The van der Waals surface area contributed by atoms with E-state index < -0.39 is 10.8 Å². The molecule has 0 spiro atoms. The normalized spacial score (nSPS) is 11.2. The number of aromatic hydroxyl groups is 1. The highest BCUT2D eigenvalue weighted by atomic mass is 16.6. The van der Waals surface area contributed by atoms with Crippen LogP contribution in [0.5, 0.6) is 5.75 Å². The topological polar surface area (TPSA) is 104 Å². The lowest BCUT2D eigenvalue weighted by atomic mass is 10.1. The van der Waals surface area contributed by atoms with Crippen LogP contribution in [-0.2, 0) is 4.79 Å². The maximum atomic E-state index is 11.7. The number of nitro groups is 1. The first-order valence-corrected chi connectivity index (χ1v) is 6.22. The molecule has 3 N–H and O–H groups in total. The molecule has 7 heteroatoms. The van der Waals surface area contributed by atoms with Gasteiger partial charge in [0.15, 0.2) is 5.69 Å². The number of nitro benzene ring substituents is 1. The number of benzene rings is 1. The molecule has 1 rings (SSSR count). The van der Waals surface area contributed by atoms with Crippen molar-refractivity contribution in [3.05, 3.63) is 28.3 Å². The van der Waals surface area contributed by atoms with Crippen molar-refractivity contribution < 1.29 is 14.8 Å². The Hall–Kier alpha value is -2.15. The van der Waals surface area contributed by atoms with Gasteiger partial charge < -0.3 is 15.7 Å². The number of phenolic OH excluding ortho intramolecular Hbond substituents is 1. The molecule has 0 aliphatic heterocycles. The van der Waals surface area contributed by atoms with Crippen LogP contribution in [0.2, 0.25) is 0 Å². The van der Waals surface area contributed by atoms with Crippen LogP contribution in [0.25, 0.3) is 0 Å². The summed E-state index contributed by atoms with van der Waals surface area (Å²) < 4.78 is 0. The molecule has 0 fully saturated rings. The Bertz CT molecular complexity index is 509. The molecular weight excluding hydrogens is 262 g/mol. The third kappa shape index (κ3) is 4.85. The zero-order valence-electron chi connectivity index (χ0n) is 11.8. The van der Waals surface area contributed by atoms with E-state index in [0.717, 1.165) is 0 Å². The number of amides is 1. The summed E-state index contributed by atoms with van der Waals surface area (Å²) in [5.41, 5.74) is -0.610. The lowest BCUT2D eigenvalue weighted by Crippen LogP contribution is -2.37. The third-order valence-electron chi connectivity index (χ3n) is 2.49. The first-order chi connectivity index (χ1) is 9.20. The lowest BCUT2D eigenvalue weighted by molar-refractivity contribution is -0.384. The Morgan fingerprint density at radius 3 is 2.60 bits per heavy atom. The number of phenols is 1. The summed E-state index contributed by atoms with van der Waals surface area (Å²) in [6.07, 6.45) is 0.156. The van der Waals surface area contributed by atoms with E-state index in [4.69, 9.17) is 0 Å². The fraction of sp³-hybridized carbons (Fsp3) is 0.462. The standard InChI is InChI=1S/C13H19N3O4/c1-13(2,3)14-8-7-11(18)15-12-9(16(19)20)5-4-6-10(12)17/h4-6,14,17H,7-8H2,1-3H3,(H,15,18). The molecule has 0 radical (unpaired) electrons. The summed E-state index contributed by atoms with van der Waals surface area (Å²) in [5, 5.41) is 25.9. The predicted molar refractivity (Wildman–Crippen MR) is 75.8 cm³/mol. The van der Waals surface area contributed by atoms with Crippen LogP contribution >= 0.6 is 0 Å². The zero-order valence-corrected chi connectivity index (χ0v) is 11.8. The van der Waals surface area contributed by atoms with Gasteiger partial charge in [0, 0.05) is 24.6 Å². The zero-order chi connectivity index (χ0) is 15.3. The molecule has 0 bridgehead atoms. The van der Waals surface area contributed by atoms with Gasteiger partial charge in [0.25, 0.3) is 5.69 Å². The quantitative estimate of drug-likeness (QED) is 0.435. The van der Waals surface area contributed by atoms with E-state index in [0.29, 0.717) is 6.54 Å². The second-order valence-corrected chi connectivity index (χ2v) is 5.40. The summed E-state index contributed by atoms with van der Waals surface area (Å²) in [4.78, 5) is 21.9. The van der Waals surface area contributed by atoms with Crippen LogP contribution in [0.15, 0.2) is 18.2 Å². The Morgan fingerprint density at radius 1 is 1.40 bits per heavy atom. The van der Waals surface area contributed by atoms with Crippen molar-refractivity contribution in [3.63, 3.8) is 0 Å². The summed E-state index contributed by atoms with van der Waals surface area (Å²) in [6.45, 7) is 6.35. The van der Waals surface area contributed by atoms with Crippen LogP contribution in [0, 0.1) is 10.1 Å². The Labute approximate surface area is 117 Å². The van der Waals surface area contributed by atoms with Crippen LogP contribution in [0.4, 0.5) is 11.4 Å². The summed E-state index contributed by atoms with van der Waals surface area (Å²) in [5.74, 6) is -0.720. The van der Waals surface area contributed by atoms with Gasteiger partial charge in [-0.15, -0.1) is 0 Å². The van der Waals surface area contributed by atoms with Crippen LogP contribution in [0.3, 0.4) is 0 Å². The van der Waals surface area contributed by atoms with Crippen molar-refractivity contribution in [2.45, 2.75) is 32.7 Å². The van der Waals surface area contributed by atoms with E-state index in [9.17, 15) is 20.0 Å². The van der Waals surface area contributed by atoms with E-state index in [1.807, 2.05) is 20.8 Å². The minimum absolute atomic E-state index is 0.110. The molecule has 0 aromatic heterocycles. The van der Waals surface area contributed by atoms with Crippen molar-refractivity contribution in [2.24, 2.45) is 0 Å². The number of para-hydroxylation sites is 1. The van der Waals surface area contributed by atoms with Crippen LogP contribution in [-0.4, -0.2) is 28.0 Å². The number of carbonyl (C=O) groups excluding carboxylic acids is 1. The molecule has 1 aromatic carbocycles. The molecular formula is C13H19N3O4. The molecule has 0 saturated carbocycles. The predicted octanol–water partition coefficient (Wildman–Crippen LogP) is 2.02. The summed E-state index contributed by atoms with van der Waals surface area (Å²) in [7, 11) is 0. The van der Waals surface area contributed by atoms with E-state index in [1.54, 1.807) is 0 Å². The molecule has 110 valence electrons. The molecule has 1 amide bonds. The molecule has 0 aliphatic rings. The van der Waals surface area contributed by atoms with Crippen molar-refractivity contribution in [1.82, 2.24) is 5.32 Å². The molecule has 0 atom stereocenters. The molecule has 0 unspecified atom stereocenters. The van der Waals surface area contributed by atoms with Crippen LogP contribution in [0.1, 0.15) is 27.2 Å². The fourth-order valence-corrected chi connectivity index (χ4v) is 1.56. The first-order valence-electron chi connectivity index (χ1n) is 6.22. The number of nitrogens with one attached hydrogen (secondary N) is 2. The fourth-order valence-electron chi connectivity index (χ4n) is 1.56. The van der Waals surface area contributed by atoms with Gasteiger partial charge in [-0.2, -0.15) is 0 Å². The van der Waals surface area contributed by atoms with Gasteiger partial charge in [0.1, 0.15) is 5.75 Å². The monoisotopic (exact) mass is 281 g/mol. The van der Waals surface area contributed by atoms with E-state index in [-0.39, 0.29) is 29.1 Å². The highest BCUT2D eigenvalue weighted by Gasteiger charge is 2.19. The Morgan fingerprint density at radius 2 is 2.05 bits per heavy atom. The van der Waals surface area contributed by atoms with Crippen LogP contribution < -0.4 is 10.6 Å². The highest BCUT2D eigenvalue weighted by molar-refractivity contribution is 5.95. The van der Waals surface area contributed by atoms with Crippen molar-refractivity contribution in [1.29, 1.82) is 0 Å². The number of hydrogen-bond acceptors (Lipinski definition) is 5. The maximum absolute atomic E-state index is 11.7. The minimum Gasteiger partial charge on any atom is -0.505 e. The average molecular weight is 281 g/mol. The van der Waals surface area contributed by atoms with Gasteiger partial charge in [-0.05, 0) is 26.8 Å². The molecule has 0 saturated heterocycles. The number of rotatable bonds is 5. The second-order valence-electron chi connectivity index (χ2n) is 5.40. The molecule has 20 heavy (non-hydrogen) atoms. The number of anilines is 1. The summed E-state index contributed by atoms with van der Waals surface area (Å²) >= 11 is 0. The lowest BCUT2D eigenvalue weighted by Gasteiger charge is -2.20. The molecule has 0 heterocycles. The molecule has 0 aliphatic carbocycles. The SMILES string of the molecule is CC(C)(C)NCCC(=O)Nc1c(O)cccc1[N+](=O)[O-]. The number of carbonyl (C=O) groups is 1. The van der Waals surface area contributed by atoms with Gasteiger partial charge in [-0.1, -0.05) is 6.07 Å². The first kappa shape index (κ1) is 15.9. The highest BCUT2D eigenvalue weighted by Crippen LogP contribution is 2.32. The van der Waals surface area contributed by atoms with Crippen molar-refractivity contribution >= 4 is 17.3 Å².